The number of nitrogens with zero attached hydrogens (tertiary/aromatic N) is 2. The molecule has 0 unspecified atom stereocenters. The molecule has 0 radical (unpaired) electrons. The predicted molar refractivity (Wildman–Crippen MR) is 81.4 cm³/mol. The van der Waals surface area contributed by atoms with Gasteiger partial charge in [0.15, 0.2) is 0 Å². The van der Waals surface area contributed by atoms with Crippen LogP contribution in [0, 0.1) is 11.3 Å². The summed E-state index contributed by atoms with van der Waals surface area (Å²) >= 11 is 0. The highest BCUT2D eigenvalue weighted by Crippen LogP contribution is 2.12. The highest BCUT2D eigenvalue weighted by Gasteiger charge is 2.05. The van der Waals surface area contributed by atoms with Crippen molar-refractivity contribution in [2.75, 3.05) is 53.7 Å². The van der Waals surface area contributed by atoms with Crippen molar-refractivity contribution in [1.82, 2.24) is 4.90 Å². The molecular weight excluding hydrogens is 268 g/mol. The van der Waals surface area contributed by atoms with Crippen molar-refractivity contribution in [3.05, 3.63) is 29.8 Å². The summed E-state index contributed by atoms with van der Waals surface area (Å²) in [6, 6.07) is 9.78. The molecule has 0 heterocycles. The minimum Gasteiger partial charge on any atom is -0.492 e. The van der Waals surface area contributed by atoms with Gasteiger partial charge in [0.25, 0.3) is 0 Å². The van der Waals surface area contributed by atoms with Crippen LogP contribution in [0.25, 0.3) is 0 Å². The van der Waals surface area contributed by atoms with Crippen LogP contribution < -0.4 is 4.74 Å². The van der Waals surface area contributed by atoms with Gasteiger partial charge in [-0.2, -0.15) is 5.26 Å². The number of rotatable bonds is 11. The molecule has 0 spiro atoms. The number of hydrogen-bond acceptors (Lipinski definition) is 5. The lowest BCUT2D eigenvalue weighted by Gasteiger charge is -2.21. The van der Waals surface area contributed by atoms with Crippen LogP contribution in [0.15, 0.2) is 24.3 Å². The largest absolute Gasteiger partial charge is 0.492 e. The molecule has 0 aromatic heterocycles. The number of benzene rings is 1. The highest BCUT2D eigenvalue weighted by molar-refractivity contribution is 5.28. The maximum Gasteiger partial charge on any atom is 0.119 e. The fourth-order valence-electron chi connectivity index (χ4n) is 1.86. The third kappa shape index (κ3) is 7.66. The van der Waals surface area contributed by atoms with Gasteiger partial charge in [0, 0.05) is 33.9 Å². The quantitative estimate of drug-likeness (QED) is 0.621. The second-order valence-electron chi connectivity index (χ2n) is 4.65. The van der Waals surface area contributed by atoms with Gasteiger partial charge < -0.3 is 14.2 Å². The average molecular weight is 292 g/mol. The lowest BCUT2D eigenvalue weighted by Crippen LogP contribution is -2.34. The van der Waals surface area contributed by atoms with Crippen LogP contribution in [0.4, 0.5) is 0 Å². The zero-order valence-corrected chi connectivity index (χ0v) is 12.9. The van der Waals surface area contributed by atoms with Gasteiger partial charge >= 0.3 is 0 Å². The normalized spacial score (nSPS) is 10.6. The molecule has 0 saturated heterocycles. The molecule has 0 aliphatic heterocycles. The molecular formula is C16H24N2O3. The fourth-order valence-corrected chi connectivity index (χ4v) is 1.86. The molecule has 0 fully saturated rings. The van der Waals surface area contributed by atoms with Crippen LogP contribution in [-0.2, 0) is 15.9 Å². The van der Waals surface area contributed by atoms with Crippen molar-refractivity contribution in [1.29, 1.82) is 5.26 Å². The first-order valence-electron chi connectivity index (χ1n) is 7.09. The van der Waals surface area contributed by atoms with Gasteiger partial charge in [-0.15, -0.1) is 0 Å². The molecule has 0 N–H and O–H groups in total. The monoisotopic (exact) mass is 292 g/mol. The third-order valence-corrected chi connectivity index (χ3v) is 3.11. The van der Waals surface area contributed by atoms with E-state index in [-0.39, 0.29) is 0 Å². The Bertz CT molecular complexity index is 407. The summed E-state index contributed by atoms with van der Waals surface area (Å²) < 4.78 is 15.9. The molecule has 1 aromatic carbocycles. The summed E-state index contributed by atoms with van der Waals surface area (Å²) in [7, 11) is 3.40. The van der Waals surface area contributed by atoms with E-state index in [9.17, 15) is 0 Å². The number of ether oxygens (including phenoxy) is 3. The topological polar surface area (TPSA) is 54.7 Å². The van der Waals surface area contributed by atoms with E-state index >= 15 is 0 Å². The summed E-state index contributed by atoms with van der Waals surface area (Å²) in [6.45, 7) is 4.57. The van der Waals surface area contributed by atoms with Crippen molar-refractivity contribution < 1.29 is 14.2 Å². The summed E-state index contributed by atoms with van der Waals surface area (Å²) in [5.41, 5.74) is 1.01. The molecule has 0 amide bonds. The Hall–Kier alpha value is -1.61. The Morgan fingerprint density at radius 2 is 1.52 bits per heavy atom. The fraction of sp³-hybridized carbons (Fsp3) is 0.562. The van der Waals surface area contributed by atoms with E-state index in [2.05, 4.69) is 11.0 Å². The molecule has 116 valence electrons. The molecule has 1 aromatic rings. The Morgan fingerprint density at radius 1 is 0.952 bits per heavy atom. The number of methoxy groups -OCH3 is 2. The zero-order chi connectivity index (χ0) is 15.3. The smallest absolute Gasteiger partial charge is 0.119 e. The Balaban J connectivity index is 2.32. The van der Waals surface area contributed by atoms with E-state index in [4.69, 9.17) is 19.5 Å². The van der Waals surface area contributed by atoms with Gasteiger partial charge in [-0.1, -0.05) is 12.1 Å². The Labute approximate surface area is 127 Å². The van der Waals surface area contributed by atoms with Gasteiger partial charge in [-0.05, 0) is 17.7 Å². The van der Waals surface area contributed by atoms with Crippen molar-refractivity contribution in [2.45, 2.75) is 6.42 Å². The number of nitriles is 1. The van der Waals surface area contributed by atoms with E-state index in [1.165, 1.54) is 0 Å². The lowest BCUT2D eigenvalue weighted by atomic mass is 10.2. The van der Waals surface area contributed by atoms with Gasteiger partial charge in [0.2, 0.25) is 0 Å². The van der Waals surface area contributed by atoms with Crippen LogP contribution in [0.2, 0.25) is 0 Å². The minimum absolute atomic E-state index is 0.433. The van der Waals surface area contributed by atoms with Crippen LogP contribution in [-0.4, -0.2) is 58.6 Å². The molecule has 5 nitrogen and oxygen atoms in total. The van der Waals surface area contributed by atoms with Crippen LogP contribution in [0.1, 0.15) is 5.56 Å². The lowest BCUT2D eigenvalue weighted by molar-refractivity contribution is 0.104. The summed E-state index contributed by atoms with van der Waals surface area (Å²) in [5.74, 6) is 0.829. The first-order valence-corrected chi connectivity index (χ1v) is 7.09. The molecule has 0 atom stereocenters. The minimum atomic E-state index is 0.433. The van der Waals surface area contributed by atoms with Crippen molar-refractivity contribution >= 4 is 0 Å². The first-order chi connectivity index (χ1) is 10.3. The highest BCUT2D eigenvalue weighted by atomic mass is 16.5. The third-order valence-electron chi connectivity index (χ3n) is 3.11. The molecule has 21 heavy (non-hydrogen) atoms. The zero-order valence-electron chi connectivity index (χ0n) is 12.9. The van der Waals surface area contributed by atoms with Gasteiger partial charge in [-0.3, -0.25) is 4.90 Å². The molecule has 0 aliphatic rings. The maximum atomic E-state index is 8.63. The molecule has 5 heteroatoms. The van der Waals surface area contributed by atoms with Crippen LogP contribution in [0.3, 0.4) is 0 Å². The van der Waals surface area contributed by atoms with E-state index in [0.717, 1.165) is 30.9 Å². The second kappa shape index (κ2) is 11.1. The molecule has 0 aliphatic carbocycles. The van der Waals surface area contributed by atoms with Crippen molar-refractivity contribution in [2.24, 2.45) is 0 Å². The predicted octanol–water partition coefficient (Wildman–Crippen LogP) is 1.73. The standard InChI is InChI=1S/C16H24N2O3/c1-19-12-9-18(10-13-20-2)11-14-21-16-5-3-15(4-6-16)7-8-17/h3-6H,7,9-14H2,1-2H3. The van der Waals surface area contributed by atoms with Gasteiger partial charge in [-0.25, -0.2) is 0 Å². The van der Waals surface area contributed by atoms with E-state index in [0.29, 0.717) is 26.2 Å². The van der Waals surface area contributed by atoms with Gasteiger partial charge in [0.05, 0.1) is 25.7 Å². The maximum absolute atomic E-state index is 8.63. The first kappa shape index (κ1) is 17.4. The Morgan fingerprint density at radius 3 is 2.05 bits per heavy atom. The van der Waals surface area contributed by atoms with Gasteiger partial charge in [0.1, 0.15) is 12.4 Å². The van der Waals surface area contributed by atoms with E-state index in [1.54, 1.807) is 14.2 Å². The SMILES string of the molecule is COCCN(CCOC)CCOc1ccc(CC#N)cc1. The molecule has 1 rings (SSSR count). The van der Waals surface area contributed by atoms with Crippen LogP contribution in [0.5, 0.6) is 5.75 Å². The molecule has 0 saturated carbocycles. The second-order valence-corrected chi connectivity index (χ2v) is 4.65. The molecule has 0 bridgehead atoms. The van der Waals surface area contributed by atoms with Crippen molar-refractivity contribution in [3.63, 3.8) is 0 Å². The van der Waals surface area contributed by atoms with E-state index < -0.39 is 0 Å². The average Bonchev–Trinajstić information content (AvgIpc) is 2.51. The van der Waals surface area contributed by atoms with Crippen molar-refractivity contribution in [3.8, 4) is 11.8 Å². The summed E-state index contributed by atoms with van der Waals surface area (Å²) in [5, 5.41) is 8.63. The van der Waals surface area contributed by atoms with E-state index in [1.807, 2.05) is 24.3 Å². The summed E-state index contributed by atoms with van der Waals surface area (Å²) in [4.78, 5) is 2.25. The number of hydrogen-bond donors (Lipinski definition) is 0. The summed E-state index contributed by atoms with van der Waals surface area (Å²) in [6.07, 6.45) is 0.433. The van der Waals surface area contributed by atoms with Crippen LogP contribution >= 0.6 is 0 Å². The Kier molecular flexibility index (Phi) is 9.21.